The first-order chi connectivity index (χ1) is 9.13. The fourth-order valence-electron chi connectivity index (χ4n) is 2.38. The van der Waals surface area contributed by atoms with Crippen LogP contribution in [0.3, 0.4) is 0 Å². The van der Waals surface area contributed by atoms with Gasteiger partial charge in [0.1, 0.15) is 17.3 Å². The van der Waals surface area contributed by atoms with E-state index in [9.17, 15) is 14.7 Å². The van der Waals surface area contributed by atoms with Crippen molar-refractivity contribution in [3.05, 3.63) is 30.5 Å². The Bertz CT molecular complexity index is 654. The lowest BCUT2D eigenvalue weighted by Gasteiger charge is -2.35. The number of aliphatic carboxylic acids is 1. The first-order valence-electron chi connectivity index (χ1n) is 6.14. The number of benzene rings is 1. The highest BCUT2D eigenvalue weighted by Gasteiger charge is 2.51. The number of carbonyl (C=O) groups excluding carboxylic acids is 1. The van der Waals surface area contributed by atoms with E-state index in [0.717, 1.165) is 11.8 Å². The molecule has 5 heteroatoms. The standard InChI is InChI=1S/C14H13NO4/c16-12(14(13(17)18)6-3-7-14)15-10-8-19-11-5-2-1-4-9(10)11/h1-2,4-5,8H,3,6-7H2,(H,15,16)(H,17,18). The van der Waals surface area contributed by atoms with Crippen LogP contribution in [0.5, 0.6) is 0 Å². The summed E-state index contributed by atoms with van der Waals surface area (Å²) in [5, 5.41) is 12.7. The summed E-state index contributed by atoms with van der Waals surface area (Å²) < 4.78 is 5.31. The molecule has 1 amide bonds. The summed E-state index contributed by atoms with van der Waals surface area (Å²) in [7, 11) is 0. The zero-order chi connectivity index (χ0) is 13.5. The highest BCUT2D eigenvalue weighted by Crippen LogP contribution is 2.42. The number of hydrogen-bond acceptors (Lipinski definition) is 3. The van der Waals surface area contributed by atoms with Crippen LogP contribution in [0, 0.1) is 5.41 Å². The molecule has 1 heterocycles. The third-order valence-electron chi connectivity index (χ3n) is 3.78. The molecule has 5 nitrogen and oxygen atoms in total. The highest BCUT2D eigenvalue weighted by atomic mass is 16.4. The van der Waals surface area contributed by atoms with Gasteiger partial charge < -0.3 is 14.8 Å². The molecule has 0 bridgehead atoms. The Morgan fingerprint density at radius 3 is 2.63 bits per heavy atom. The van der Waals surface area contributed by atoms with Crippen LogP contribution in [0.15, 0.2) is 34.9 Å². The van der Waals surface area contributed by atoms with E-state index < -0.39 is 17.3 Å². The van der Waals surface area contributed by atoms with Gasteiger partial charge in [-0.15, -0.1) is 0 Å². The summed E-state index contributed by atoms with van der Waals surface area (Å²) in [6, 6.07) is 7.29. The summed E-state index contributed by atoms with van der Waals surface area (Å²) in [5.41, 5.74) is -0.0813. The molecule has 19 heavy (non-hydrogen) atoms. The van der Waals surface area contributed by atoms with Crippen LogP contribution in [-0.4, -0.2) is 17.0 Å². The number of anilines is 1. The lowest BCUT2D eigenvalue weighted by atomic mass is 9.68. The predicted octanol–water partition coefficient (Wildman–Crippen LogP) is 2.63. The third kappa shape index (κ3) is 1.69. The lowest BCUT2D eigenvalue weighted by Crippen LogP contribution is -2.48. The number of furan rings is 1. The quantitative estimate of drug-likeness (QED) is 0.830. The molecule has 1 fully saturated rings. The van der Waals surface area contributed by atoms with Gasteiger partial charge in [-0.3, -0.25) is 9.59 Å². The van der Waals surface area contributed by atoms with E-state index in [0.29, 0.717) is 24.1 Å². The van der Waals surface area contributed by atoms with Gasteiger partial charge in [0.05, 0.1) is 5.69 Å². The van der Waals surface area contributed by atoms with Crippen molar-refractivity contribution >= 4 is 28.5 Å². The minimum absolute atomic E-state index is 0.393. The maximum absolute atomic E-state index is 12.2. The zero-order valence-corrected chi connectivity index (χ0v) is 10.2. The van der Waals surface area contributed by atoms with Gasteiger partial charge >= 0.3 is 5.97 Å². The molecule has 0 aliphatic heterocycles. The second kappa shape index (κ2) is 4.12. The second-order valence-corrected chi connectivity index (χ2v) is 4.84. The molecule has 2 N–H and O–H groups in total. The molecule has 98 valence electrons. The van der Waals surface area contributed by atoms with E-state index in [-0.39, 0.29) is 0 Å². The average Bonchev–Trinajstić information content (AvgIpc) is 2.71. The van der Waals surface area contributed by atoms with Crippen molar-refractivity contribution in [2.75, 3.05) is 5.32 Å². The van der Waals surface area contributed by atoms with Gasteiger partial charge in [0.2, 0.25) is 5.91 Å². The normalized spacial score (nSPS) is 16.8. The van der Waals surface area contributed by atoms with Crippen molar-refractivity contribution in [2.45, 2.75) is 19.3 Å². The number of carboxylic acids is 1. The van der Waals surface area contributed by atoms with Gasteiger partial charge in [-0.25, -0.2) is 0 Å². The molecule has 1 aromatic carbocycles. The van der Waals surface area contributed by atoms with E-state index in [1.807, 2.05) is 18.2 Å². The van der Waals surface area contributed by atoms with Gasteiger partial charge in [0.25, 0.3) is 0 Å². The average molecular weight is 259 g/mol. The predicted molar refractivity (Wildman–Crippen MR) is 68.8 cm³/mol. The Morgan fingerprint density at radius 1 is 1.26 bits per heavy atom. The first-order valence-corrected chi connectivity index (χ1v) is 6.14. The molecule has 0 radical (unpaired) electrons. The van der Waals surface area contributed by atoms with Gasteiger partial charge in [0.15, 0.2) is 0 Å². The minimum atomic E-state index is -1.27. The van der Waals surface area contributed by atoms with E-state index in [4.69, 9.17) is 4.42 Å². The topological polar surface area (TPSA) is 79.5 Å². The maximum atomic E-state index is 12.2. The van der Waals surface area contributed by atoms with Crippen molar-refractivity contribution in [1.29, 1.82) is 0 Å². The fraction of sp³-hybridized carbons (Fsp3) is 0.286. The van der Waals surface area contributed by atoms with Crippen LogP contribution in [0.25, 0.3) is 11.0 Å². The molecule has 1 saturated carbocycles. The molecule has 0 atom stereocenters. The molecule has 1 aromatic heterocycles. The number of carboxylic acid groups (broad SMARTS) is 1. The largest absolute Gasteiger partial charge is 0.480 e. The van der Waals surface area contributed by atoms with E-state index in [1.54, 1.807) is 6.07 Å². The number of nitrogens with one attached hydrogen (secondary N) is 1. The summed E-state index contributed by atoms with van der Waals surface area (Å²) >= 11 is 0. The van der Waals surface area contributed by atoms with Crippen LogP contribution >= 0.6 is 0 Å². The second-order valence-electron chi connectivity index (χ2n) is 4.84. The van der Waals surface area contributed by atoms with Gasteiger partial charge in [-0.05, 0) is 25.0 Å². The zero-order valence-electron chi connectivity index (χ0n) is 10.2. The Hall–Kier alpha value is -2.30. The Morgan fingerprint density at radius 2 is 2.00 bits per heavy atom. The highest BCUT2D eigenvalue weighted by molar-refractivity contribution is 6.11. The number of hydrogen-bond donors (Lipinski definition) is 2. The first kappa shape index (κ1) is 11.8. The summed E-state index contributed by atoms with van der Waals surface area (Å²) in [4.78, 5) is 23.4. The smallest absolute Gasteiger partial charge is 0.319 e. The molecule has 3 rings (SSSR count). The van der Waals surface area contributed by atoms with E-state index in [2.05, 4.69) is 5.32 Å². The van der Waals surface area contributed by atoms with Crippen molar-refractivity contribution in [1.82, 2.24) is 0 Å². The van der Waals surface area contributed by atoms with Gasteiger partial charge in [0, 0.05) is 5.39 Å². The molecule has 0 saturated heterocycles. The van der Waals surface area contributed by atoms with Crippen molar-refractivity contribution in [3.63, 3.8) is 0 Å². The molecule has 1 aliphatic carbocycles. The summed E-state index contributed by atoms with van der Waals surface area (Å²) in [6.07, 6.45) is 3.00. The maximum Gasteiger partial charge on any atom is 0.319 e. The monoisotopic (exact) mass is 259 g/mol. The van der Waals surface area contributed by atoms with Crippen molar-refractivity contribution < 1.29 is 19.1 Å². The van der Waals surface area contributed by atoms with Crippen LogP contribution < -0.4 is 5.32 Å². The van der Waals surface area contributed by atoms with Gasteiger partial charge in [-0.2, -0.15) is 0 Å². The molecule has 0 unspecified atom stereocenters. The number of carbonyl (C=O) groups is 2. The summed E-state index contributed by atoms with van der Waals surface area (Å²) in [5.74, 6) is -1.51. The Labute approximate surface area is 109 Å². The minimum Gasteiger partial charge on any atom is -0.480 e. The molecular formula is C14H13NO4. The SMILES string of the molecule is O=C(O)C1(C(=O)Nc2coc3ccccc23)CCC1. The van der Waals surface area contributed by atoms with Crippen molar-refractivity contribution in [2.24, 2.45) is 5.41 Å². The number of fused-ring (bicyclic) bond motifs is 1. The van der Waals surface area contributed by atoms with Crippen LogP contribution in [-0.2, 0) is 9.59 Å². The molecule has 1 aliphatic rings. The number of amides is 1. The lowest BCUT2D eigenvalue weighted by molar-refractivity contribution is -0.159. The Balaban J connectivity index is 1.89. The third-order valence-corrected chi connectivity index (χ3v) is 3.78. The summed E-state index contributed by atoms with van der Waals surface area (Å²) in [6.45, 7) is 0. The molecule has 0 spiro atoms. The molecule has 2 aromatic rings. The van der Waals surface area contributed by atoms with Crippen LogP contribution in [0.2, 0.25) is 0 Å². The van der Waals surface area contributed by atoms with Crippen LogP contribution in [0.1, 0.15) is 19.3 Å². The van der Waals surface area contributed by atoms with Crippen molar-refractivity contribution in [3.8, 4) is 0 Å². The molecular weight excluding hydrogens is 246 g/mol. The Kier molecular flexibility index (Phi) is 2.55. The van der Waals surface area contributed by atoms with Gasteiger partial charge in [-0.1, -0.05) is 18.6 Å². The number of para-hydroxylation sites is 1. The number of rotatable bonds is 3. The van der Waals surface area contributed by atoms with Crippen LogP contribution in [0.4, 0.5) is 5.69 Å². The van der Waals surface area contributed by atoms with E-state index in [1.165, 1.54) is 6.26 Å². The fourth-order valence-corrected chi connectivity index (χ4v) is 2.38. The van der Waals surface area contributed by atoms with E-state index >= 15 is 0 Å².